The van der Waals surface area contributed by atoms with Gasteiger partial charge < -0.3 is 0 Å². The number of nitrogens with zero attached hydrogens (tertiary/aromatic N) is 2. The largest absolute Gasteiger partial charge is 0.273 e. The number of carbonyl (C=O) groups excluding carboxylic acids is 2. The van der Waals surface area contributed by atoms with Gasteiger partial charge in [-0.3, -0.25) is 14.4 Å². The van der Waals surface area contributed by atoms with Crippen molar-refractivity contribution in [3.8, 4) is 0 Å². The van der Waals surface area contributed by atoms with Gasteiger partial charge in [0.25, 0.3) is 5.91 Å². The molecule has 2 heterocycles. The van der Waals surface area contributed by atoms with Crippen LogP contribution in [0.15, 0.2) is 72.8 Å². The minimum absolute atomic E-state index is 0.310. The van der Waals surface area contributed by atoms with Gasteiger partial charge in [0.1, 0.15) is 5.92 Å². The molecule has 2 saturated heterocycles. The lowest BCUT2D eigenvalue weighted by Crippen LogP contribution is -2.37. The van der Waals surface area contributed by atoms with E-state index in [-0.39, 0.29) is 11.8 Å². The fraction of sp³-hybridized carbons (Fsp3) is 0.167. The van der Waals surface area contributed by atoms with Crippen LogP contribution < -0.4 is 9.96 Å². The molecule has 3 atom stereocenters. The Morgan fingerprint density at radius 3 is 2.29 bits per heavy atom. The molecule has 2 aliphatic rings. The van der Waals surface area contributed by atoms with Crippen LogP contribution >= 0.6 is 23.2 Å². The Bertz CT molecular complexity index is 1180. The maximum absolute atomic E-state index is 13.6. The van der Waals surface area contributed by atoms with Crippen molar-refractivity contribution in [3.63, 3.8) is 0 Å². The highest BCUT2D eigenvalue weighted by Gasteiger charge is 2.60. The lowest BCUT2D eigenvalue weighted by atomic mass is 9.90. The average Bonchev–Trinajstić information content (AvgIpc) is 3.25. The van der Waals surface area contributed by atoms with Crippen molar-refractivity contribution < 1.29 is 14.4 Å². The van der Waals surface area contributed by atoms with E-state index in [2.05, 4.69) is 0 Å². The Balaban J connectivity index is 1.62. The monoisotopic (exact) mass is 452 g/mol. The molecule has 0 N–H and O–H groups in total. The molecule has 156 valence electrons. The summed E-state index contributed by atoms with van der Waals surface area (Å²) in [6.45, 7) is 1.92. The van der Waals surface area contributed by atoms with Crippen LogP contribution in [0.1, 0.15) is 17.2 Å². The summed E-state index contributed by atoms with van der Waals surface area (Å²) in [6, 6.07) is 21.2. The summed E-state index contributed by atoms with van der Waals surface area (Å²) in [6.07, 6.45) is -0.940. The van der Waals surface area contributed by atoms with E-state index in [9.17, 15) is 9.59 Å². The molecule has 2 amide bonds. The first-order chi connectivity index (χ1) is 15.0. The van der Waals surface area contributed by atoms with Crippen molar-refractivity contribution in [2.45, 2.75) is 19.1 Å². The zero-order valence-corrected chi connectivity index (χ0v) is 18.0. The highest BCUT2D eigenvalue weighted by molar-refractivity contribution is 6.35. The third-order valence-corrected chi connectivity index (χ3v) is 6.23. The zero-order chi connectivity index (χ0) is 21.7. The summed E-state index contributed by atoms with van der Waals surface area (Å²) >= 11 is 12.6. The van der Waals surface area contributed by atoms with Crippen LogP contribution in [0, 0.1) is 12.8 Å². The molecule has 0 spiro atoms. The second kappa shape index (κ2) is 7.68. The number of rotatable bonds is 3. The van der Waals surface area contributed by atoms with Crippen LogP contribution in [-0.2, 0) is 14.4 Å². The molecular weight excluding hydrogens is 435 g/mol. The van der Waals surface area contributed by atoms with Crippen molar-refractivity contribution in [2.75, 3.05) is 9.96 Å². The highest BCUT2D eigenvalue weighted by atomic mass is 35.5. The number of hydroxylamine groups is 1. The predicted octanol–water partition coefficient (Wildman–Crippen LogP) is 5.35. The van der Waals surface area contributed by atoms with E-state index in [0.29, 0.717) is 21.3 Å². The number of amides is 2. The number of imide groups is 1. The molecule has 0 unspecified atom stereocenters. The summed E-state index contributed by atoms with van der Waals surface area (Å²) in [5.41, 5.74) is 2.91. The molecule has 2 fully saturated rings. The SMILES string of the molecule is Cc1cccc(N2C(=O)[C@@H]3[C@H](ON(c4ccccc4)[C@@H]3c3ccc(Cl)cc3Cl)C2=O)c1. The van der Waals surface area contributed by atoms with E-state index in [1.165, 1.54) is 4.90 Å². The third-order valence-electron chi connectivity index (χ3n) is 5.67. The smallest absolute Gasteiger partial charge is 0.266 e. The number of hydrogen-bond acceptors (Lipinski definition) is 4. The topological polar surface area (TPSA) is 49.9 Å². The minimum Gasteiger partial charge on any atom is -0.273 e. The van der Waals surface area contributed by atoms with Crippen molar-refractivity contribution in [1.29, 1.82) is 0 Å². The molecule has 7 heteroatoms. The molecular formula is C24H18Cl2N2O3. The Kier molecular flexibility index (Phi) is 4.97. The maximum atomic E-state index is 13.6. The van der Waals surface area contributed by atoms with Gasteiger partial charge >= 0.3 is 0 Å². The van der Waals surface area contributed by atoms with E-state index in [4.69, 9.17) is 28.0 Å². The van der Waals surface area contributed by atoms with Crippen LogP contribution in [0.3, 0.4) is 0 Å². The lowest BCUT2D eigenvalue weighted by molar-refractivity contribution is -0.126. The summed E-state index contributed by atoms with van der Waals surface area (Å²) in [4.78, 5) is 34.2. The van der Waals surface area contributed by atoms with Crippen LogP contribution in [-0.4, -0.2) is 17.9 Å². The molecule has 5 rings (SSSR count). The minimum atomic E-state index is -0.940. The first-order valence-corrected chi connectivity index (χ1v) is 10.6. The van der Waals surface area contributed by atoms with Crippen molar-refractivity contribution in [3.05, 3.63) is 94.0 Å². The van der Waals surface area contributed by atoms with E-state index in [0.717, 1.165) is 11.3 Å². The normalized spacial score (nSPS) is 22.9. The van der Waals surface area contributed by atoms with Gasteiger partial charge in [-0.05, 0) is 54.4 Å². The first-order valence-electron chi connectivity index (χ1n) is 9.86. The standard InChI is InChI=1S/C24H18Cl2N2O3/c1-14-6-5-9-17(12-14)27-23(29)20-21(18-11-10-15(25)13-19(18)26)28(31-22(20)24(27)30)16-7-3-2-4-8-16/h2-13,20-22H,1H3/t20-,21+,22-/m0/s1. The number of anilines is 2. The molecule has 2 aliphatic heterocycles. The number of benzene rings is 3. The number of aryl methyl sites for hydroxylation is 1. The second-order valence-corrected chi connectivity index (χ2v) is 8.52. The summed E-state index contributed by atoms with van der Waals surface area (Å²) in [5, 5.41) is 2.52. The number of fused-ring (bicyclic) bond motifs is 1. The summed E-state index contributed by atoms with van der Waals surface area (Å²) in [5.74, 6) is -1.43. The Morgan fingerprint density at radius 1 is 0.839 bits per heavy atom. The van der Waals surface area contributed by atoms with Gasteiger partial charge in [0.05, 0.1) is 17.4 Å². The van der Waals surface area contributed by atoms with E-state index >= 15 is 0 Å². The fourth-order valence-electron chi connectivity index (χ4n) is 4.29. The first kappa shape index (κ1) is 20.1. The second-order valence-electron chi connectivity index (χ2n) is 7.67. The number of para-hydroxylation sites is 1. The molecule has 5 nitrogen and oxygen atoms in total. The van der Waals surface area contributed by atoms with Crippen molar-refractivity contribution in [2.24, 2.45) is 5.92 Å². The molecule has 0 radical (unpaired) electrons. The number of hydrogen-bond donors (Lipinski definition) is 0. The van der Waals surface area contributed by atoms with Gasteiger partial charge in [-0.2, -0.15) is 0 Å². The van der Waals surface area contributed by atoms with Gasteiger partial charge in [0.2, 0.25) is 5.91 Å². The van der Waals surface area contributed by atoms with Crippen LogP contribution in [0.2, 0.25) is 10.0 Å². The van der Waals surface area contributed by atoms with Gasteiger partial charge in [-0.25, -0.2) is 9.96 Å². The van der Waals surface area contributed by atoms with E-state index in [1.54, 1.807) is 29.3 Å². The molecule has 0 aliphatic carbocycles. The third kappa shape index (κ3) is 3.30. The summed E-state index contributed by atoms with van der Waals surface area (Å²) < 4.78 is 0. The quantitative estimate of drug-likeness (QED) is 0.502. The van der Waals surface area contributed by atoms with Crippen LogP contribution in [0.25, 0.3) is 0 Å². The Morgan fingerprint density at radius 2 is 1.58 bits per heavy atom. The average molecular weight is 453 g/mol. The molecule has 0 aromatic heterocycles. The Labute approximate surface area is 189 Å². The van der Waals surface area contributed by atoms with Gasteiger partial charge in [0, 0.05) is 10.0 Å². The predicted molar refractivity (Wildman–Crippen MR) is 120 cm³/mol. The lowest BCUT2D eigenvalue weighted by Gasteiger charge is -2.29. The zero-order valence-electron chi connectivity index (χ0n) is 16.5. The van der Waals surface area contributed by atoms with Crippen LogP contribution in [0.4, 0.5) is 11.4 Å². The Hall–Kier alpha value is -2.86. The highest BCUT2D eigenvalue weighted by Crippen LogP contribution is 2.49. The molecule has 0 saturated carbocycles. The number of halogens is 2. The van der Waals surface area contributed by atoms with Crippen molar-refractivity contribution >= 4 is 46.4 Å². The summed E-state index contributed by atoms with van der Waals surface area (Å²) in [7, 11) is 0. The van der Waals surface area contributed by atoms with Gasteiger partial charge in [-0.1, -0.05) is 59.6 Å². The fourth-order valence-corrected chi connectivity index (χ4v) is 4.81. The maximum Gasteiger partial charge on any atom is 0.266 e. The van der Waals surface area contributed by atoms with Crippen LogP contribution in [0.5, 0.6) is 0 Å². The molecule has 31 heavy (non-hydrogen) atoms. The molecule has 0 bridgehead atoms. The number of carbonyl (C=O) groups is 2. The van der Waals surface area contributed by atoms with E-state index < -0.39 is 18.1 Å². The molecule has 3 aromatic rings. The molecule has 3 aromatic carbocycles. The van der Waals surface area contributed by atoms with Crippen molar-refractivity contribution in [1.82, 2.24) is 0 Å². The van der Waals surface area contributed by atoms with Gasteiger partial charge in [0.15, 0.2) is 6.10 Å². The van der Waals surface area contributed by atoms with Gasteiger partial charge in [-0.15, -0.1) is 0 Å². The van der Waals surface area contributed by atoms with E-state index in [1.807, 2.05) is 55.5 Å².